The number of aliphatic hydroxyl groups excluding tert-OH is 1. The minimum Gasteiger partial charge on any atom is -0.454 e. The van der Waals surface area contributed by atoms with E-state index in [-0.39, 0.29) is 36.8 Å². The van der Waals surface area contributed by atoms with Crippen molar-refractivity contribution in [1.82, 2.24) is 4.90 Å². The fourth-order valence-corrected chi connectivity index (χ4v) is 11.2. The molecule has 0 bridgehead atoms. The lowest BCUT2D eigenvalue weighted by Crippen LogP contribution is -2.48. The van der Waals surface area contributed by atoms with Gasteiger partial charge in [0, 0.05) is 34.9 Å². The van der Waals surface area contributed by atoms with Crippen molar-refractivity contribution in [2.24, 2.45) is 5.92 Å². The standard InChI is InChI=1S/C39H39N3O7Si/c1-23-36(50(2,3)47)34(20-35(44)41-21-25-11-5-4-10-24(25)18-27(41)22-43)49-39(23)29-19-26(16-17-30(29)40-38(39)46)42-31-13-7-9-15-33(31)48-32-14-8-6-12-28(32)37(42)45/h4-17,19,23,27,34,36,43,47H,18,20-22H2,1-3H3,(H,40,46)/t23-,27-,34+,36-,39+/m0/s1. The first kappa shape index (κ1) is 32.4. The Morgan fingerprint density at radius 2 is 1.66 bits per heavy atom. The van der Waals surface area contributed by atoms with Gasteiger partial charge in [-0.25, -0.2) is 0 Å². The summed E-state index contributed by atoms with van der Waals surface area (Å²) in [6.45, 7) is 5.73. The Balaban J connectivity index is 1.18. The third-order valence-corrected chi connectivity index (χ3v) is 13.4. The summed E-state index contributed by atoms with van der Waals surface area (Å²) in [6, 6.07) is 27.3. The van der Waals surface area contributed by atoms with Gasteiger partial charge in [-0.15, -0.1) is 0 Å². The van der Waals surface area contributed by atoms with E-state index < -0.39 is 31.5 Å². The Labute approximate surface area is 291 Å². The zero-order chi connectivity index (χ0) is 34.9. The number of fused-ring (bicyclic) bond motifs is 5. The van der Waals surface area contributed by atoms with Gasteiger partial charge in [0.05, 0.1) is 36.4 Å². The normalized spacial score (nSPS) is 25.3. The van der Waals surface area contributed by atoms with E-state index in [1.165, 1.54) is 0 Å². The molecule has 4 aromatic carbocycles. The molecule has 4 aliphatic rings. The number of benzene rings is 4. The van der Waals surface area contributed by atoms with Crippen molar-refractivity contribution in [3.05, 3.63) is 113 Å². The summed E-state index contributed by atoms with van der Waals surface area (Å²) in [5, 5.41) is 13.3. The molecule has 11 heteroatoms. The highest BCUT2D eigenvalue weighted by atomic mass is 28.4. The van der Waals surface area contributed by atoms with Gasteiger partial charge in [-0.1, -0.05) is 55.5 Å². The van der Waals surface area contributed by atoms with E-state index in [1.54, 1.807) is 40.1 Å². The van der Waals surface area contributed by atoms with Crippen LogP contribution in [0.1, 0.15) is 40.4 Å². The van der Waals surface area contributed by atoms with Crippen LogP contribution in [-0.2, 0) is 32.9 Å². The predicted molar refractivity (Wildman–Crippen MR) is 190 cm³/mol. The van der Waals surface area contributed by atoms with Gasteiger partial charge >= 0.3 is 0 Å². The van der Waals surface area contributed by atoms with Crippen molar-refractivity contribution >= 4 is 43.1 Å². The second kappa shape index (κ2) is 11.9. The van der Waals surface area contributed by atoms with Crippen LogP contribution in [0.3, 0.4) is 0 Å². The molecular weight excluding hydrogens is 651 g/mol. The lowest BCUT2D eigenvalue weighted by molar-refractivity contribution is -0.149. The van der Waals surface area contributed by atoms with Crippen molar-refractivity contribution in [2.75, 3.05) is 16.8 Å². The summed E-state index contributed by atoms with van der Waals surface area (Å²) < 4.78 is 13.0. The van der Waals surface area contributed by atoms with E-state index >= 15 is 0 Å². The molecule has 5 atom stereocenters. The number of ether oxygens (including phenoxy) is 2. The van der Waals surface area contributed by atoms with Crippen LogP contribution in [-0.4, -0.2) is 59.6 Å². The minimum absolute atomic E-state index is 0.0547. The Bertz CT molecular complexity index is 2050. The molecular formula is C39H39N3O7Si. The number of carbonyl (C=O) groups excluding carboxylic acids is 3. The molecule has 0 aromatic heterocycles. The summed E-state index contributed by atoms with van der Waals surface area (Å²) in [4.78, 5) is 57.5. The average molecular weight is 690 g/mol. The van der Waals surface area contributed by atoms with E-state index in [0.717, 1.165) is 11.1 Å². The molecule has 50 heavy (non-hydrogen) atoms. The second-order valence-corrected chi connectivity index (χ2v) is 18.3. The highest BCUT2D eigenvalue weighted by Crippen LogP contribution is 2.59. The van der Waals surface area contributed by atoms with E-state index in [1.807, 2.05) is 80.7 Å². The molecule has 3 N–H and O–H groups in total. The summed E-state index contributed by atoms with van der Waals surface area (Å²) in [7, 11) is -3.05. The van der Waals surface area contributed by atoms with Crippen LogP contribution in [0.15, 0.2) is 91.0 Å². The molecule has 10 nitrogen and oxygen atoms in total. The Morgan fingerprint density at radius 3 is 2.42 bits per heavy atom. The second-order valence-electron chi connectivity index (χ2n) is 14.3. The molecule has 0 radical (unpaired) electrons. The van der Waals surface area contributed by atoms with E-state index in [2.05, 4.69) is 5.32 Å². The van der Waals surface area contributed by atoms with Crippen molar-refractivity contribution in [2.45, 2.75) is 62.7 Å². The molecule has 1 fully saturated rings. The van der Waals surface area contributed by atoms with E-state index in [0.29, 0.717) is 52.7 Å². The fraction of sp³-hybridized carbons (Fsp3) is 0.308. The molecule has 1 saturated heterocycles. The van der Waals surface area contributed by atoms with Gasteiger partial charge in [-0.3, -0.25) is 19.3 Å². The van der Waals surface area contributed by atoms with Gasteiger partial charge in [-0.2, -0.15) is 0 Å². The fourth-order valence-electron chi connectivity index (χ4n) is 8.62. The number of nitrogens with zero attached hydrogens (tertiary/aromatic N) is 2. The van der Waals surface area contributed by atoms with E-state index in [4.69, 9.17) is 9.47 Å². The highest BCUT2D eigenvalue weighted by Gasteiger charge is 2.65. The lowest BCUT2D eigenvalue weighted by atomic mass is 9.82. The zero-order valence-corrected chi connectivity index (χ0v) is 29.1. The number of hydrogen-bond acceptors (Lipinski definition) is 7. The SMILES string of the molecule is C[C@H]1[C@H]([Si](C)(C)O)[C@@H](CC(=O)N2Cc3ccccc3C[C@H]2CO)O[C@]12C(=O)Nc1ccc(N3C(=O)c4ccccc4Oc4ccccc43)cc12. The van der Waals surface area contributed by atoms with Crippen molar-refractivity contribution < 1.29 is 33.8 Å². The number of nitrogens with one attached hydrogen (secondary N) is 1. The van der Waals surface area contributed by atoms with Gasteiger partial charge in [0.15, 0.2) is 19.7 Å². The smallest absolute Gasteiger partial charge is 0.266 e. The third-order valence-electron chi connectivity index (χ3n) is 10.9. The number of para-hydroxylation sites is 3. The molecule has 3 amide bonds. The maximum absolute atomic E-state index is 14.2. The topological polar surface area (TPSA) is 129 Å². The zero-order valence-electron chi connectivity index (χ0n) is 28.1. The molecule has 0 aliphatic carbocycles. The molecule has 4 aliphatic heterocycles. The van der Waals surface area contributed by atoms with Gasteiger partial charge in [0.25, 0.3) is 11.8 Å². The summed E-state index contributed by atoms with van der Waals surface area (Å²) in [5.74, 6) is -0.408. The maximum Gasteiger partial charge on any atom is 0.266 e. The van der Waals surface area contributed by atoms with Gasteiger partial charge in [-0.05, 0) is 73.1 Å². The first-order valence-corrected chi connectivity index (χ1v) is 20.1. The Morgan fingerprint density at radius 1 is 0.960 bits per heavy atom. The summed E-state index contributed by atoms with van der Waals surface area (Å²) in [5.41, 5.74) is 2.71. The first-order valence-electron chi connectivity index (χ1n) is 17.0. The molecule has 8 rings (SSSR count). The number of anilines is 3. The highest BCUT2D eigenvalue weighted by molar-refractivity contribution is 6.71. The third kappa shape index (κ3) is 4.98. The number of aliphatic hydroxyl groups is 1. The molecule has 0 unspecified atom stereocenters. The molecule has 4 heterocycles. The molecule has 256 valence electrons. The van der Waals surface area contributed by atoms with Crippen molar-refractivity contribution in [1.29, 1.82) is 0 Å². The Hall–Kier alpha value is -4.81. The van der Waals surface area contributed by atoms with Crippen molar-refractivity contribution in [3.63, 3.8) is 0 Å². The van der Waals surface area contributed by atoms with Crippen LogP contribution in [0.2, 0.25) is 18.6 Å². The average Bonchev–Trinajstić information content (AvgIpc) is 3.51. The van der Waals surface area contributed by atoms with Crippen LogP contribution in [0, 0.1) is 5.92 Å². The monoisotopic (exact) mass is 689 g/mol. The molecule has 4 aromatic rings. The van der Waals surface area contributed by atoms with Gasteiger partial charge in [0.1, 0.15) is 5.75 Å². The largest absolute Gasteiger partial charge is 0.454 e. The van der Waals surface area contributed by atoms with Gasteiger partial charge < -0.3 is 29.6 Å². The molecule has 0 saturated carbocycles. The lowest BCUT2D eigenvalue weighted by Gasteiger charge is -2.37. The molecule has 1 spiro atoms. The van der Waals surface area contributed by atoms with E-state index in [9.17, 15) is 24.3 Å². The number of amides is 3. The van der Waals surface area contributed by atoms with Crippen LogP contribution >= 0.6 is 0 Å². The van der Waals surface area contributed by atoms with Crippen molar-refractivity contribution in [3.8, 4) is 11.5 Å². The van der Waals surface area contributed by atoms with Crippen LogP contribution in [0.4, 0.5) is 17.1 Å². The minimum atomic E-state index is -3.05. The first-order chi connectivity index (χ1) is 24.0. The summed E-state index contributed by atoms with van der Waals surface area (Å²) >= 11 is 0. The van der Waals surface area contributed by atoms with Crippen LogP contribution in [0.25, 0.3) is 0 Å². The van der Waals surface area contributed by atoms with Crippen LogP contribution in [0.5, 0.6) is 11.5 Å². The maximum atomic E-state index is 14.2. The Kier molecular flexibility index (Phi) is 7.72. The number of carbonyl (C=O) groups is 3. The summed E-state index contributed by atoms with van der Waals surface area (Å²) in [6.07, 6.45) is -0.275. The predicted octanol–water partition coefficient (Wildman–Crippen LogP) is 5.86. The number of hydrogen-bond donors (Lipinski definition) is 3. The van der Waals surface area contributed by atoms with Crippen LogP contribution < -0.4 is 15.0 Å². The quantitative estimate of drug-likeness (QED) is 0.224. The number of rotatable bonds is 5. The van der Waals surface area contributed by atoms with Gasteiger partial charge in [0.2, 0.25) is 5.91 Å².